The summed E-state index contributed by atoms with van der Waals surface area (Å²) in [5, 5.41) is 19.4. The molecule has 1 amide bonds. The van der Waals surface area contributed by atoms with Crippen LogP contribution in [0.3, 0.4) is 0 Å². The number of halogens is 1. The third-order valence-electron chi connectivity index (χ3n) is 1.54. The van der Waals surface area contributed by atoms with Crippen LogP contribution < -0.4 is 5.32 Å². The molecule has 0 aromatic heterocycles. The number of hydrogen-bond donors (Lipinski definition) is 3. The summed E-state index contributed by atoms with van der Waals surface area (Å²) < 4.78 is 11.7. The minimum atomic E-state index is -1.69. The van der Waals surface area contributed by atoms with Crippen LogP contribution in [-0.4, -0.2) is 40.9 Å². The third-order valence-corrected chi connectivity index (χ3v) is 1.54. The maximum Gasteiger partial charge on any atom is 0.334 e. The van der Waals surface area contributed by atoms with Crippen LogP contribution in [0.2, 0.25) is 0 Å². The number of rotatable bonds is 5. The predicted octanol–water partition coefficient (Wildman–Crippen LogP) is -0.704. The molecule has 13 heavy (non-hydrogen) atoms. The van der Waals surface area contributed by atoms with Gasteiger partial charge in [-0.15, -0.1) is 0 Å². The molecule has 0 aliphatic heterocycles. The van der Waals surface area contributed by atoms with E-state index < -0.39 is 30.7 Å². The molecule has 2 atom stereocenters. The van der Waals surface area contributed by atoms with Crippen LogP contribution in [0.25, 0.3) is 0 Å². The number of carboxylic acid groups (broad SMARTS) is 1. The number of amides is 1. The van der Waals surface area contributed by atoms with Gasteiger partial charge in [0, 0.05) is 0 Å². The molecule has 0 heterocycles. The fraction of sp³-hybridized carbons (Fsp3) is 0.714. The molecule has 0 bridgehead atoms. The number of carbonyl (C=O) groups is 2. The van der Waals surface area contributed by atoms with Crippen molar-refractivity contribution in [1.82, 2.24) is 5.32 Å². The van der Waals surface area contributed by atoms with E-state index in [0.717, 1.165) is 0 Å². The molecule has 0 saturated carbocycles. The molecule has 0 rings (SSSR count). The fourth-order valence-electron chi connectivity index (χ4n) is 0.822. The molecule has 0 fully saturated rings. The summed E-state index contributed by atoms with van der Waals surface area (Å²) in [5.41, 5.74) is 0. The smallest absolute Gasteiger partial charge is 0.334 e. The lowest BCUT2D eigenvalue weighted by molar-refractivity contribution is -0.148. The number of carboxylic acids is 1. The van der Waals surface area contributed by atoms with E-state index >= 15 is 0 Å². The topological polar surface area (TPSA) is 86.6 Å². The van der Waals surface area contributed by atoms with E-state index in [-0.39, 0.29) is 6.42 Å². The molecule has 0 saturated heterocycles. The quantitative estimate of drug-likeness (QED) is 0.538. The maximum absolute atomic E-state index is 11.7. The lowest BCUT2D eigenvalue weighted by atomic mass is 10.1. The number of alkyl halides is 1. The molecule has 3 N–H and O–H groups in total. The lowest BCUT2D eigenvalue weighted by Crippen LogP contribution is -2.47. The average molecular weight is 193 g/mol. The van der Waals surface area contributed by atoms with E-state index in [0.29, 0.717) is 0 Å². The second-order valence-electron chi connectivity index (χ2n) is 2.50. The molecule has 0 radical (unpaired) electrons. The molecule has 6 heteroatoms. The van der Waals surface area contributed by atoms with Crippen LogP contribution in [0.5, 0.6) is 0 Å². The van der Waals surface area contributed by atoms with Gasteiger partial charge >= 0.3 is 5.97 Å². The first kappa shape index (κ1) is 11.8. The molecular formula is C7H12FNO4. The number of hydrogen-bond acceptors (Lipinski definition) is 3. The number of aliphatic carboxylic acids is 1. The monoisotopic (exact) mass is 193 g/mol. The van der Waals surface area contributed by atoms with Crippen LogP contribution in [0.1, 0.15) is 13.3 Å². The van der Waals surface area contributed by atoms with E-state index in [1.807, 2.05) is 0 Å². The normalized spacial score (nSPS) is 14.7. The van der Waals surface area contributed by atoms with Gasteiger partial charge in [-0.2, -0.15) is 0 Å². The number of aliphatic hydroxyl groups is 1. The zero-order valence-electron chi connectivity index (χ0n) is 7.16. The van der Waals surface area contributed by atoms with E-state index in [9.17, 15) is 14.0 Å². The summed E-state index contributed by atoms with van der Waals surface area (Å²) >= 11 is 0. The summed E-state index contributed by atoms with van der Waals surface area (Å²) in [6, 6.07) is -0.944. The highest BCUT2D eigenvalue weighted by Crippen LogP contribution is 1.99. The summed E-state index contributed by atoms with van der Waals surface area (Å²) in [4.78, 5) is 20.8. The Hall–Kier alpha value is -1.17. The Labute approximate surface area is 74.6 Å². The standard InChI is InChI=1S/C7H12FNO4/c1-2-4(6(11)7(12)13)9-5(10)3-8/h4,6,11H,2-3H2,1H3,(H,9,10)(H,12,13). The molecule has 5 nitrogen and oxygen atoms in total. The van der Waals surface area contributed by atoms with Gasteiger partial charge in [-0.25, -0.2) is 9.18 Å². The molecule has 0 aliphatic carbocycles. The Morgan fingerprint density at radius 1 is 1.54 bits per heavy atom. The first-order valence-electron chi connectivity index (χ1n) is 3.79. The van der Waals surface area contributed by atoms with Crippen LogP contribution in [0.15, 0.2) is 0 Å². The zero-order valence-corrected chi connectivity index (χ0v) is 7.16. The van der Waals surface area contributed by atoms with Gasteiger partial charge < -0.3 is 15.5 Å². The van der Waals surface area contributed by atoms with Crippen molar-refractivity contribution in [3.05, 3.63) is 0 Å². The van der Waals surface area contributed by atoms with Crippen LogP contribution >= 0.6 is 0 Å². The van der Waals surface area contributed by atoms with Crippen molar-refractivity contribution in [2.24, 2.45) is 0 Å². The largest absolute Gasteiger partial charge is 0.479 e. The second kappa shape index (κ2) is 5.47. The van der Waals surface area contributed by atoms with Crippen molar-refractivity contribution < 1.29 is 24.2 Å². The fourth-order valence-corrected chi connectivity index (χ4v) is 0.822. The second-order valence-corrected chi connectivity index (χ2v) is 2.50. The molecule has 76 valence electrons. The van der Waals surface area contributed by atoms with Crippen molar-refractivity contribution in [3.8, 4) is 0 Å². The van der Waals surface area contributed by atoms with E-state index in [1.165, 1.54) is 0 Å². The van der Waals surface area contributed by atoms with E-state index in [4.69, 9.17) is 10.2 Å². The summed E-state index contributed by atoms with van der Waals surface area (Å²) in [5.74, 6) is -2.36. The third kappa shape index (κ3) is 3.84. The van der Waals surface area contributed by atoms with Crippen LogP contribution in [0, 0.1) is 0 Å². The minimum Gasteiger partial charge on any atom is -0.479 e. The SMILES string of the molecule is CCC(NC(=O)CF)C(O)C(=O)O. The summed E-state index contributed by atoms with van der Waals surface area (Å²) in [6.45, 7) is 0.359. The number of aliphatic hydroxyl groups excluding tert-OH is 1. The highest BCUT2D eigenvalue weighted by atomic mass is 19.1. The van der Waals surface area contributed by atoms with Gasteiger partial charge in [-0.05, 0) is 6.42 Å². The Kier molecular flexibility index (Phi) is 4.98. The highest BCUT2D eigenvalue weighted by molar-refractivity contribution is 5.79. The maximum atomic E-state index is 11.7. The lowest BCUT2D eigenvalue weighted by Gasteiger charge is -2.18. The minimum absolute atomic E-state index is 0.221. The zero-order chi connectivity index (χ0) is 10.4. The van der Waals surface area contributed by atoms with Gasteiger partial charge in [0.15, 0.2) is 12.8 Å². The predicted molar refractivity (Wildman–Crippen MR) is 41.8 cm³/mol. The van der Waals surface area contributed by atoms with Gasteiger partial charge in [0.2, 0.25) is 0 Å². The van der Waals surface area contributed by atoms with Gasteiger partial charge in [0.25, 0.3) is 5.91 Å². The van der Waals surface area contributed by atoms with Crippen molar-refractivity contribution >= 4 is 11.9 Å². The molecule has 0 aliphatic rings. The number of carbonyl (C=O) groups excluding carboxylic acids is 1. The van der Waals surface area contributed by atoms with Crippen molar-refractivity contribution in [1.29, 1.82) is 0 Å². The Morgan fingerprint density at radius 3 is 2.38 bits per heavy atom. The molecule has 0 aromatic rings. The molecule has 2 unspecified atom stereocenters. The first-order valence-corrected chi connectivity index (χ1v) is 3.79. The van der Waals surface area contributed by atoms with Crippen molar-refractivity contribution in [2.75, 3.05) is 6.67 Å². The van der Waals surface area contributed by atoms with E-state index in [1.54, 1.807) is 6.92 Å². The molecule has 0 spiro atoms. The van der Waals surface area contributed by atoms with Crippen molar-refractivity contribution in [2.45, 2.75) is 25.5 Å². The first-order chi connectivity index (χ1) is 6.02. The molecular weight excluding hydrogens is 181 g/mol. The van der Waals surface area contributed by atoms with E-state index in [2.05, 4.69) is 5.32 Å². The number of nitrogens with one attached hydrogen (secondary N) is 1. The van der Waals surface area contributed by atoms with Crippen molar-refractivity contribution in [3.63, 3.8) is 0 Å². The van der Waals surface area contributed by atoms with Gasteiger partial charge in [0.1, 0.15) is 0 Å². The Morgan fingerprint density at radius 2 is 2.08 bits per heavy atom. The summed E-state index contributed by atoms with van der Waals surface area (Å²) in [6.07, 6.45) is -1.47. The van der Waals surface area contributed by atoms with Crippen LogP contribution in [-0.2, 0) is 9.59 Å². The van der Waals surface area contributed by atoms with Gasteiger partial charge in [0.05, 0.1) is 6.04 Å². The van der Waals surface area contributed by atoms with Gasteiger partial charge in [-0.3, -0.25) is 4.79 Å². The van der Waals surface area contributed by atoms with Crippen LogP contribution in [0.4, 0.5) is 4.39 Å². The molecule has 0 aromatic carbocycles. The highest BCUT2D eigenvalue weighted by Gasteiger charge is 2.25. The Bertz CT molecular complexity index is 197. The average Bonchev–Trinajstić information content (AvgIpc) is 2.12. The van der Waals surface area contributed by atoms with Gasteiger partial charge in [-0.1, -0.05) is 6.92 Å². The Balaban J connectivity index is 4.17. The summed E-state index contributed by atoms with van der Waals surface area (Å²) in [7, 11) is 0.